The number of ether oxygens (including phenoxy) is 2. The van der Waals surface area contributed by atoms with E-state index in [1.54, 1.807) is 49.1 Å². The van der Waals surface area contributed by atoms with Crippen LogP contribution in [-0.2, 0) is 28.8 Å². The molecule has 7 rings (SSSR count). The van der Waals surface area contributed by atoms with Gasteiger partial charge in [-0.05, 0) is 105 Å². The van der Waals surface area contributed by atoms with Crippen molar-refractivity contribution in [2.75, 3.05) is 31.7 Å². The van der Waals surface area contributed by atoms with Gasteiger partial charge in [-0.2, -0.15) is 0 Å². The van der Waals surface area contributed by atoms with Gasteiger partial charge in [0, 0.05) is 48.5 Å². The maximum absolute atomic E-state index is 14.8. The second kappa shape index (κ2) is 14.0. The Labute approximate surface area is 305 Å². The minimum Gasteiger partial charge on any atom is -0.494 e. The third-order valence-corrected chi connectivity index (χ3v) is 14.3. The molecular weight excluding hydrogens is 688 g/mol. The van der Waals surface area contributed by atoms with Gasteiger partial charge in [-0.15, -0.1) is 4.36 Å². The molecule has 2 N–H and O–H groups in total. The number of hydrogen-bond acceptors (Lipinski definition) is 7. The van der Waals surface area contributed by atoms with Gasteiger partial charge in [0.05, 0.1) is 36.3 Å². The Bertz CT molecular complexity index is 2000. The Kier molecular flexibility index (Phi) is 9.75. The van der Waals surface area contributed by atoms with Crippen molar-refractivity contribution in [2.45, 2.75) is 69.1 Å². The van der Waals surface area contributed by atoms with Crippen molar-refractivity contribution in [1.82, 2.24) is 9.29 Å². The molecule has 10 nitrogen and oxygen atoms in total. The third-order valence-electron chi connectivity index (χ3n) is 11.6. The number of aliphatic hydroxyl groups is 1. The lowest BCUT2D eigenvalue weighted by atomic mass is 9.68. The number of aromatic nitrogens is 1. The Morgan fingerprint density at radius 2 is 2.00 bits per heavy atom. The lowest BCUT2D eigenvalue weighted by molar-refractivity contribution is 0.0455. The largest absolute Gasteiger partial charge is 0.494 e. The van der Waals surface area contributed by atoms with E-state index in [-0.39, 0.29) is 34.3 Å². The molecule has 1 fully saturated rings. The Balaban J connectivity index is 1.32. The first-order valence-electron chi connectivity index (χ1n) is 17.9. The molecule has 7 atom stereocenters. The molecule has 1 saturated carbocycles. The lowest BCUT2D eigenvalue weighted by Crippen LogP contribution is -2.49. The number of aryl methyl sites for hydroxylation is 2. The van der Waals surface area contributed by atoms with Crippen LogP contribution < -0.4 is 19.1 Å². The zero-order valence-corrected chi connectivity index (χ0v) is 31.2. The molecule has 3 heterocycles. The Morgan fingerprint density at radius 1 is 1.18 bits per heavy atom. The van der Waals surface area contributed by atoms with Crippen molar-refractivity contribution < 1.29 is 28.4 Å². The minimum atomic E-state index is -3.67. The number of amides is 2. The number of nitrogens with zero attached hydrogens (tertiary/aromatic N) is 3. The molecule has 0 radical (unpaired) electrons. The average Bonchev–Trinajstić information content (AvgIpc) is 3.41. The number of carbonyl (C=O) groups excluding carboxylic acids is 2. The molecule has 51 heavy (non-hydrogen) atoms. The van der Waals surface area contributed by atoms with Gasteiger partial charge in [0.1, 0.15) is 21.4 Å². The van der Waals surface area contributed by atoms with Gasteiger partial charge in [0.2, 0.25) is 0 Å². The smallest absolute Gasteiger partial charge is 0.286 e. The number of methoxy groups -OCH3 is 1. The number of aliphatic hydroxyl groups excluding tert-OH is 1. The summed E-state index contributed by atoms with van der Waals surface area (Å²) in [4.78, 5) is 30.1. The predicted molar refractivity (Wildman–Crippen MR) is 199 cm³/mol. The number of rotatable bonds is 3. The van der Waals surface area contributed by atoms with E-state index in [2.05, 4.69) is 26.1 Å². The van der Waals surface area contributed by atoms with Crippen LogP contribution in [0.25, 0.3) is 0 Å². The number of fused-ring (bicyclic) bond motifs is 4. The van der Waals surface area contributed by atoms with E-state index in [1.807, 2.05) is 25.1 Å². The van der Waals surface area contributed by atoms with Gasteiger partial charge in [0.15, 0.2) is 0 Å². The second-order valence-electron chi connectivity index (χ2n) is 14.9. The van der Waals surface area contributed by atoms with Crippen LogP contribution >= 0.6 is 11.6 Å². The Hall–Kier alpha value is -3.80. The highest BCUT2D eigenvalue weighted by Crippen LogP contribution is 2.47. The molecular formula is C39H47ClN4O6S. The number of hydrogen-bond donors (Lipinski definition) is 2. The maximum Gasteiger partial charge on any atom is 0.286 e. The quantitative estimate of drug-likeness (QED) is 0.295. The molecule has 0 saturated heterocycles. The summed E-state index contributed by atoms with van der Waals surface area (Å²) < 4.78 is 35.5. The molecule has 3 aromatic rings. The standard InChI is InChI=1S/C39H47ClN4O6S/c1-24-7-5-9-34(45)30-13-10-28(30)19-44-22-39(16-6-8-26-17-29(40)12-14-32(26)39)23-50-35-15-11-27(18-33(35)44)37(46)41-51(48,25(24)2)42-38(47)31-20-43(3)21-36(31)49-4/h5,9,11-12,14-15,17-18,20-21,24-25,28,30,34,45H,6-8,10,13,16,19,22-23H2,1-4H3,(H,41,42,46,47,48)/b9-5+. The topological polar surface area (TPSA) is 122 Å². The van der Waals surface area contributed by atoms with Gasteiger partial charge in [-0.3, -0.25) is 14.3 Å². The van der Waals surface area contributed by atoms with Crippen molar-refractivity contribution in [1.29, 1.82) is 0 Å². The number of halogens is 1. The zero-order chi connectivity index (χ0) is 36.1. The van der Waals surface area contributed by atoms with Crippen LogP contribution in [-0.4, -0.2) is 63.9 Å². The molecule has 1 spiro atoms. The fourth-order valence-electron chi connectivity index (χ4n) is 8.34. The molecule has 2 aromatic carbocycles. The van der Waals surface area contributed by atoms with Crippen LogP contribution in [0.1, 0.15) is 77.8 Å². The van der Waals surface area contributed by atoms with Gasteiger partial charge < -0.3 is 24.0 Å². The summed E-state index contributed by atoms with van der Waals surface area (Å²) in [5.41, 5.74) is 3.39. The van der Waals surface area contributed by atoms with E-state index in [0.29, 0.717) is 37.6 Å². The fraction of sp³-hybridized carbons (Fsp3) is 0.487. The van der Waals surface area contributed by atoms with Crippen molar-refractivity contribution in [3.8, 4) is 11.5 Å². The van der Waals surface area contributed by atoms with E-state index in [9.17, 15) is 18.9 Å². The first-order valence-corrected chi connectivity index (χ1v) is 19.8. The molecule has 1 aromatic heterocycles. The molecule has 2 aliphatic carbocycles. The monoisotopic (exact) mass is 734 g/mol. The summed E-state index contributed by atoms with van der Waals surface area (Å²) in [6, 6.07) is 11.4. The molecule has 4 aliphatic rings. The SMILES string of the molecule is COc1cn(C)cc1C(=O)NS1(=O)=NC(=O)c2ccc3c(c2)N(CC2CCC2C(O)/C=C/CC(C)C1C)CC1(CCCc2cc(Cl)ccc21)CO3. The zero-order valence-electron chi connectivity index (χ0n) is 29.6. The fourth-order valence-corrected chi connectivity index (χ4v) is 10.4. The van der Waals surface area contributed by atoms with Crippen LogP contribution in [0, 0.1) is 17.8 Å². The van der Waals surface area contributed by atoms with Gasteiger partial charge in [-0.1, -0.05) is 36.7 Å². The number of anilines is 1. The van der Waals surface area contributed by atoms with Crippen LogP contribution in [0.4, 0.5) is 5.69 Å². The van der Waals surface area contributed by atoms with Crippen LogP contribution in [0.3, 0.4) is 0 Å². The van der Waals surface area contributed by atoms with Crippen molar-refractivity contribution in [3.05, 3.63) is 88.2 Å². The average molecular weight is 735 g/mol. The summed E-state index contributed by atoms with van der Waals surface area (Å²) in [6.45, 7) is 5.48. The van der Waals surface area contributed by atoms with E-state index >= 15 is 0 Å². The van der Waals surface area contributed by atoms with Crippen LogP contribution in [0.2, 0.25) is 5.02 Å². The normalized spacial score (nSPS) is 31.2. The number of nitrogens with one attached hydrogen (secondary N) is 1. The number of carbonyl (C=O) groups is 2. The lowest BCUT2D eigenvalue weighted by Gasteiger charge is -2.45. The summed E-state index contributed by atoms with van der Waals surface area (Å²) in [7, 11) is -0.456. The highest BCUT2D eigenvalue weighted by molar-refractivity contribution is 7.93. The molecule has 2 bridgehead atoms. The van der Waals surface area contributed by atoms with Gasteiger partial charge in [0.25, 0.3) is 11.8 Å². The summed E-state index contributed by atoms with van der Waals surface area (Å²) in [6.07, 6.45) is 11.7. The van der Waals surface area contributed by atoms with E-state index in [0.717, 1.165) is 42.8 Å². The van der Waals surface area contributed by atoms with Gasteiger partial charge in [-0.25, -0.2) is 4.21 Å². The van der Waals surface area contributed by atoms with Gasteiger partial charge >= 0.3 is 0 Å². The van der Waals surface area contributed by atoms with Crippen molar-refractivity contribution >= 4 is 39.0 Å². The molecule has 2 amide bonds. The highest BCUT2D eigenvalue weighted by Gasteiger charge is 2.44. The molecule has 2 aliphatic heterocycles. The predicted octanol–water partition coefficient (Wildman–Crippen LogP) is 6.49. The Morgan fingerprint density at radius 3 is 2.76 bits per heavy atom. The molecule has 7 unspecified atom stereocenters. The minimum absolute atomic E-state index is 0.0899. The summed E-state index contributed by atoms with van der Waals surface area (Å²) in [5.74, 6) is -0.263. The third kappa shape index (κ3) is 6.80. The molecule has 272 valence electrons. The second-order valence-corrected chi connectivity index (χ2v) is 17.6. The molecule has 12 heteroatoms. The number of allylic oxidation sites excluding steroid dienone is 1. The number of benzene rings is 2. The van der Waals surface area contributed by atoms with E-state index in [4.69, 9.17) is 21.1 Å². The van der Waals surface area contributed by atoms with Crippen molar-refractivity contribution in [2.24, 2.45) is 29.2 Å². The first kappa shape index (κ1) is 35.6. The van der Waals surface area contributed by atoms with Crippen LogP contribution in [0.15, 0.2) is 65.3 Å². The summed E-state index contributed by atoms with van der Waals surface area (Å²) in [5, 5.41) is 11.4. The maximum atomic E-state index is 14.8. The van der Waals surface area contributed by atoms with Crippen molar-refractivity contribution in [3.63, 3.8) is 0 Å². The van der Waals surface area contributed by atoms with E-state index in [1.165, 1.54) is 18.2 Å². The first-order chi connectivity index (χ1) is 24.4. The van der Waals surface area contributed by atoms with E-state index < -0.39 is 33.1 Å². The highest BCUT2D eigenvalue weighted by atomic mass is 35.5. The summed E-state index contributed by atoms with van der Waals surface area (Å²) >= 11 is 6.44. The van der Waals surface area contributed by atoms with Crippen LogP contribution in [0.5, 0.6) is 11.5 Å².